The molecule has 112 valence electrons. The lowest BCUT2D eigenvalue weighted by Crippen LogP contribution is -2.14. The molecular formula is C18H23NOS. The fraction of sp³-hybridized carbons (Fsp3) is 0.444. The summed E-state index contributed by atoms with van der Waals surface area (Å²) in [5, 5.41) is 2.82. The smallest absolute Gasteiger partial charge is 0.144 e. The lowest BCUT2D eigenvalue weighted by atomic mass is 9.83. The zero-order valence-corrected chi connectivity index (χ0v) is 14.3. The number of aromatic nitrogens is 1. The normalized spacial score (nSPS) is 11.7. The maximum atomic E-state index is 12.2. The zero-order valence-electron chi connectivity index (χ0n) is 13.5. The van der Waals surface area contributed by atoms with Crippen molar-refractivity contribution in [3.8, 4) is 0 Å². The third kappa shape index (κ3) is 4.01. The van der Waals surface area contributed by atoms with Crippen LogP contribution in [0.2, 0.25) is 0 Å². The molecule has 21 heavy (non-hydrogen) atoms. The predicted molar refractivity (Wildman–Crippen MR) is 89.1 cm³/mol. The van der Waals surface area contributed by atoms with Crippen LogP contribution in [0.15, 0.2) is 23.7 Å². The molecule has 0 aliphatic carbocycles. The number of hydrogen-bond acceptors (Lipinski definition) is 3. The van der Waals surface area contributed by atoms with E-state index in [1.54, 1.807) is 17.5 Å². The summed E-state index contributed by atoms with van der Waals surface area (Å²) in [5.41, 5.74) is 5.07. The van der Waals surface area contributed by atoms with Gasteiger partial charge >= 0.3 is 0 Å². The van der Waals surface area contributed by atoms with E-state index in [1.807, 2.05) is 5.38 Å². The fourth-order valence-corrected chi connectivity index (χ4v) is 3.12. The van der Waals surface area contributed by atoms with Crippen LogP contribution in [0, 0.1) is 13.8 Å². The van der Waals surface area contributed by atoms with Gasteiger partial charge in [0.1, 0.15) is 5.78 Å². The number of ketones is 1. The third-order valence-electron chi connectivity index (χ3n) is 3.77. The molecule has 0 saturated heterocycles. The van der Waals surface area contributed by atoms with E-state index in [9.17, 15) is 4.79 Å². The Hall–Kier alpha value is -1.48. The van der Waals surface area contributed by atoms with Gasteiger partial charge < -0.3 is 0 Å². The third-order valence-corrected chi connectivity index (χ3v) is 4.55. The lowest BCUT2D eigenvalue weighted by molar-refractivity contribution is -0.117. The first-order valence-corrected chi connectivity index (χ1v) is 8.16. The molecular weight excluding hydrogens is 278 g/mol. The van der Waals surface area contributed by atoms with Crippen molar-refractivity contribution in [2.75, 3.05) is 0 Å². The molecule has 0 N–H and O–H groups in total. The van der Waals surface area contributed by atoms with Crippen molar-refractivity contribution in [1.82, 2.24) is 4.98 Å². The van der Waals surface area contributed by atoms with Gasteiger partial charge in [-0.15, -0.1) is 11.3 Å². The second-order valence-electron chi connectivity index (χ2n) is 6.66. The van der Waals surface area contributed by atoms with Gasteiger partial charge in [-0.25, -0.2) is 4.98 Å². The molecule has 0 aliphatic rings. The van der Waals surface area contributed by atoms with Gasteiger partial charge in [0.25, 0.3) is 0 Å². The Morgan fingerprint density at radius 3 is 2.24 bits per heavy atom. The van der Waals surface area contributed by atoms with Crippen molar-refractivity contribution in [2.24, 2.45) is 0 Å². The van der Waals surface area contributed by atoms with E-state index in [2.05, 4.69) is 51.7 Å². The van der Waals surface area contributed by atoms with Gasteiger partial charge in [0.2, 0.25) is 0 Å². The highest BCUT2D eigenvalue weighted by atomic mass is 32.1. The summed E-state index contributed by atoms with van der Waals surface area (Å²) >= 11 is 1.54. The van der Waals surface area contributed by atoms with E-state index in [0.29, 0.717) is 12.8 Å². The van der Waals surface area contributed by atoms with Crippen molar-refractivity contribution in [3.63, 3.8) is 0 Å². The summed E-state index contributed by atoms with van der Waals surface area (Å²) in [4.78, 5) is 16.4. The van der Waals surface area contributed by atoms with Gasteiger partial charge in [0.05, 0.1) is 11.4 Å². The maximum absolute atomic E-state index is 12.2. The number of Topliss-reactive ketones (excluding diaryl/α,β-unsaturated/α-hetero) is 1. The number of benzene rings is 1. The van der Waals surface area contributed by atoms with Crippen LogP contribution < -0.4 is 0 Å². The van der Waals surface area contributed by atoms with Gasteiger partial charge in [-0.05, 0) is 41.5 Å². The molecule has 1 aromatic carbocycles. The first-order valence-electron chi connectivity index (χ1n) is 7.28. The van der Waals surface area contributed by atoms with Gasteiger partial charge in [-0.1, -0.05) is 32.9 Å². The fourth-order valence-electron chi connectivity index (χ4n) is 2.47. The Balaban J connectivity index is 2.19. The lowest BCUT2D eigenvalue weighted by Gasteiger charge is -2.22. The van der Waals surface area contributed by atoms with E-state index >= 15 is 0 Å². The Kier molecular flexibility index (Phi) is 4.62. The van der Waals surface area contributed by atoms with Crippen LogP contribution in [-0.4, -0.2) is 10.8 Å². The standard InChI is InChI=1S/C18H23NOS/c1-12-8-14(18(3,4)5)9-13(2)16(12)10-15(20)11-17-19-6-7-21-17/h6-9H,10-11H2,1-5H3. The van der Waals surface area contributed by atoms with Crippen molar-refractivity contribution >= 4 is 17.1 Å². The number of hydrogen-bond donors (Lipinski definition) is 0. The number of nitrogens with zero attached hydrogens (tertiary/aromatic N) is 1. The number of rotatable bonds is 4. The minimum absolute atomic E-state index is 0.138. The average molecular weight is 301 g/mol. The summed E-state index contributed by atoms with van der Waals surface area (Å²) in [7, 11) is 0. The summed E-state index contributed by atoms with van der Waals surface area (Å²) < 4.78 is 0. The second-order valence-corrected chi connectivity index (χ2v) is 7.64. The molecule has 0 aliphatic heterocycles. The molecule has 0 spiro atoms. The van der Waals surface area contributed by atoms with E-state index < -0.39 is 0 Å². The van der Waals surface area contributed by atoms with Crippen molar-refractivity contribution < 1.29 is 4.79 Å². The van der Waals surface area contributed by atoms with Crippen molar-refractivity contribution in [2.45, 2.75) is 52.9 Å². The Labute approximate surface area is 131 Å². The van der Waals surface area contributed by atoms with Crippen LogP contribution in [-0.2, 0) is 23.1 Å². The highest BCUT2D eigenvalue weighted by Crippen LogP contribution is 2.27. The van der Waals surface area contributed by atoms with Crippen LogP contribution in [0.1, 0.15) is 48.0 Å². The highest BCUT2D eigenvalue weighted by molar-refractivity contribution is 7.09. The first-order chi connectivity index (χ1) is 9.77. The molecule has 3 heteroatoms. The summed E-state index contributed by atoms with van der Waals surface area (Å²) in [6.07, 6.45) is 2.70. The first kappa shape index (κ1) is 15.9. The molecule has 2 aromatic rings. The molecule has 0 fully saturated rings. The topological polar surface area (TPSA) is 30.0 Å². The Morgan fingerprint density at radius 2 is 1.76 bits per heavy atom. The molecule has 0 unspecified atom stereocenters. The summed E-state index contributed by atoms with van der Waals surface area (Å²) in [5.74, 6) is 0.236. The van der Waals surface area contributed by atoms with E-state index in [4.69, 9.17) is 0 Å². The molecule has 1 heterocycles. The summed E-state index contributed by atoms with van der Waals surface area (Å²) in [6, 6.07) is 4.44. The van der Waals surface area contributed by atoms with Crippen LogP contribution >= 0.6 is 11.3 Å². The van der Waals surface area contributed by atoms with Gasteiger partial charge in [-0.3, -0.25) is 4.79 Å². The Morgan fingerprint density at radius 1 is 1.14 bits per heavy atom. The largest absolute Gasteiger partial charge is 0.299 e. The SMILES string of the molecule is Cc1cc(C(C)(C)C)cc(C)c1CC(=O)Cc1nccs1. The number of thiazole rings is 1. The molecule has 2 nitrogen and oxygen atoms in total. The molecule has 2 rings (SSSR count). The molecule has 0 amide bonds. The predicted octanol–water partition coefficient (Wildman–Crippen LogP) is 4.41. The van der Waals surface area contributed by atoms with Crippen LogP contribution in [0.4, 0.5) is 0 Å². The molecule has 0 bridgehead atoms. The zero-order chi connectivity index (χ0) is 15.6. The summed E-state index contributed by atoms with van der Waals surface area (Å²) in [6.45, 7) is 10.9. The minimum Gasteiger partial charge on any atom is -0.299 e. The van der Waals surface area contributed by atoms with Crippen molar-refractivity contribution in [1.29, 1.82) is 0 Å². The number of carbonyl (C=O) groups excluding carboxylic acids is 1. The van der Waals surface area contributed by atoms with Crippen molar-refractivity contribution in [3.05, 3.63) is 51.0 Å². The molecule has 1 aromatic heterocycles. The van der Waals surface area contributed by atoms with Crippen LogP contribution in [0.3, 0.4) is 0 Å². The van der Waals surface area contributed by atoms with E-state index in [0.717, 1.165) is 5.01 Å². The molecule has 0 radical (unpaired) electrons. The van der Waals surface area contributed by atoms with Gasteiger partial charge in [-0.2, -0.15) is 0 Å². The maximum Gasteiger partial charge on any atom is 0.144 e. The highest BCUT2D eigenvalue weighted by Gasteiger charge is 2.17. The van der Waals surface area contributed by atoms with Crippen LogP contribution in [0.25, 0.3) is 0 Å². The minimum atomic E-state index is 0.138. The van der Waals surface area contributed by atoms with Crippen LogP contribution in [0.5, 0.6) is 0 Å². The molecule has 0 atom stereocenters. The average Bonchev–Trinajstić information content (AvgIpc) is 2.85. The number of aryl methyl sites for hydroxylation is 2. The van der Waals surface area contributed by atoms with E-state index in [1.165, 1.54) is 22.3 Å². The van der Waals surface area contributed by atoms with Gasteiger partial charge in [0.15, 0.2) is 0 Å². The number of carbonyl (C=O) groups is 1. The second kappa shape index (κ2) is 6.10. The molecule has 0 saturated carbocycles. The quantitative estimate of drug-likeness (QED) is 0.837. The van der Waals surface area contributed by atoms with E-state index in [-0.39, 0.29) is 11.2 Å². The van der Waals surface area contributed by atoms with Gasteiger partial charge in [0, 0.05) is 18.0 Å². The Bertz CT molecular complexity index is 613. The monoisotopic (exact) mass is 301 g/mol.